The number of halogens is 6. The largest absolute Gasteiger partial charge is 0.458 e. The molecule has 0 atom stereocenters. The Morgan fingerprint density at radius 2 is 1.53 bits per heavy atom. The quantitative estimate of drug-likeness (QED) is 0.348. The minimum absolute atomic E-state index is 0.0849. The minimum Gasteiger partial charge on any atom is -0.206 e. The van der Waals surface area contributed by atoms with Crippen LogP contribution in [-0.4, -0.2) is 6.18 Å². The molecule has 0 nitrogen and oxygen atoms in total. The second kappa shape index (κ2) is 9.16. The van der Waals surface area contributed by atoms with Gasteiger partial charge in [0.05, 0.1) is 11.1 Å². The van der Waals surface area contributed by atoms with Crippen LogP contribution in [0.25, 0.3) is 11.1 Å². The fraction of sp³-hybridized carbons (Fsp3) is 0.417. The van der Waals surface area contributed by atoms with Crippen molar-refractivity contribution in [1.82, 2.24) is 0 Å². The molecule has 0 aromatic heterocycles. The lowest BCUT2D eigenvalue weighted by atomic mass is 9.77. The highest BCUT2D eigenvalue weighted by Crippen LogP contribution is 2.39. The van der Waals surface area contributed by atoms with Crippen molar-refractivity contribution in [3.8, 4) is 23.0 Å². The summed E-state index contributed by atoms with van der Waals surface area (Å²) in [6.07, 6.45) is 1.38. The summed E-state index contributed by atoms with van der Waals surface area (Å²) in [6, 6.07) is 5.54. The van der Waals surface area contributed by atoms with E-state index in [1.807, 2.05) is 0 Å². The standard InChI is InChI=1S/C24H22F6/c1-2-3-15-4-6-16(7-5-15)19-13-21(26)23(22(27)14-19)18-9-8-17(20(25)12-18)10-11-24(28,29)30/h8-9,12-16H,2-7H2,1H3. The molecular formula is C24H22F6. The summed E-state index contributed by atoms with van der Waals surface area (Å²) < 4.78 is 80.2. The van der Waals surface area contributed by atoms with Gasteiger partial charge in [-0.05, 0) is 72.9 Å². The Kier molecular flexibility index (Phi) is 6.80. The second-order valence-electron chi connectivity index (χ2n) is 7.81. The van der Waals surface area contributed by atoms with Gasteiger partial charge in [0.15, 0.2) is 0 Å². The monoisotopic (exact) mass is 424 g/mol. The Balaban J connectivity index is 1.84. The third kappa shape index (κ3) is 5.38. The molecule has 0 unspecified atom stereocenters. The molecule has 1 aliphatic carbocycles. The van der Waals surface area contributed by atoms with Gasteiger partial charge in [0.2, 0.25) is 0 Å². The van der Waals surface area contributed by atoms with Crippen LogP contribution < -0.4 is 0 Å². The number of benzene rings is 2. The summed E-state index contributed by atoms with van der Waals surface area (Å²) in [5.74, 6) is 0.735. The van der Waals surface area contributed by atoms with Gasteiger partial charge >= 0.3 is 6.18 Å². The lowest BCUT2D eigenvalue weighted by Crippen LogP contribution is -2.13. The highest BCUT2D eigenvalue weighted by Gasteiger charge is 2.25. The van der Waals surface area contributed by atoms with Crippen molar-refractivity contribution in [2.75, 3.05) is 0 Å². The molecule has 3 rings (SSSR count). The van der Waals surface area contributed by atoms with Crippen LogP contribution in [0.15, 0.2) is 30.3 Å². The maximum atomic E-state index is 14.7. The van der Waals surface area contributed by atoms with Crippen LogP contribution >= 0.6 is 0 Å². The van der Waals surface area contributed by atoms with E-state index in [0.717, 1.165) is 50.2 Å². The van der Waals surface area contributed by atoms with Gasteiger partial charge in [-0.2, -0.15) is 13.2 Å². The average molecular weight is 424 g/mol. The zero-order valence-corrected chi connectivity index (χ0v) is 16.6. The van der Waals surface area contributed by atoms with E-state index in [-0.39, 0.29) is 11.5 Å². The van der Waals surface area contributed by atoms with Crippen LogP contribution in [0.1, 0.15) is 62.5 Å². The molecule has 0 N–H and O–H groups in total. The van der Waals surface area contributed by atoms with Crippen molar-refractivity contribution in [3.05, 3.63) is 58.9 Å². The molecule has 0 saturated heterocycles. The molecule has 1 aliphatic rings. The van der Waals surface area contributed by atoms with Crippen LogP contribution in [0.5, 0.6) is 0 Å². The van der Waals surface area contributed by atoms with E-state index in [0.29, 0.717) is 11.5 Å². The molecular weight excluding hydrogens is 402 g/mol. The molecule has 160 valence electrons. The summed E-state index contributed by atoms with van der Waals surface area (Å²) in [5, 5.41) is 0. The van der Waals surface area contributed by atoms with Crippen LogP contribution in [0.3, 0.4) is 0 Å². The van der Waals surface area contributed by atoms with Gasteiger partial charge in [-0.1, -0.05) is 31.8 Å². The first kappa shape index (κ1) is 22.3. The Morgan fingerprint density at radius 3 is 2.07 bits per heavy atom. The smallest absolute Gasteiger partial charge is 0.206 e. The maximum absolute atomic E-state index is 14.7. The lowest BCUT2D eigenvalue weighted by Gasteiger charge is -2.29. The summed E-state index contributed by atoms with van der Waals surface area (Å²) >= 11 is 0. The molecule has 0 bridgehead atoms. The summed E-state index contributed by atoms with van der Waals surface area (Å²) in [7, 11) is 0. The van der Waals surface area contributed by atoms with E-state index in [1.54, 1.807) is 5.92 Å². The fourth-order valence-electron chi connectivity index (χ4n) is 4.21. The Hall–Kier alpha value is -2.42. The van der Waals surface area contributed by atoms with E-state index < -0.39 is 34.8 Å². The van der Waals surface area contributed by atoms with E-state index in [9.17, 15) is 26.3 Å². The molecule has 6 heteroatoms. The summed E-state index contributed by atoms with van der Waals surface area (Å²) in [6.45, 7) is 2.15. The second-order valence-corrected chi connectivity index (χ2v) is 7.81. The van der Waals surface area contributed by atoms with Crippen molar-refractivity contribution < 1.29 is 26.3 Å². The van der Waals surface area contributed by atoms with Crippen LogP contribution in [0.4, 0.5) is 26.3 Å². The van der Waals surface area contributed by atoms with Crippen LogP contribution in [0, 0.1) is 35.2 Å². The zero-order valence-electron chi connectivity index (χ0n) is 16.6. The van der Waals surface area contributed by atoms with Gasteiger partial charge < -0.3 is 0 Å². The zero-order chi connectivity index (χ0) is 21.9. The maximum Gasteiger partial charge on any atom is 0.458 e. The SMILES string of the molecule is CCCC1CCC(c2cc(F)c(-c3ccc(C#CC(F)(F)F)c(F)c3)c(F)c2)CC1. The van der Waals surface area contributed by atoms with Gasteiger partial charge in [0.1, 0.15) is 17.5 Å². The van der Waals surface area contributed by atoms with Crippen molar-refractivity contribution in [1.29, 1.82) is 0 Å². The van der Waals surface area contributed by atoms with E-state index in [1.165, 1.54) is 24.6 Å². The third-order valence-electron chi connectivity index (χ3n) is 5.68. The van der Waals surface area contributed by atoms with E-state index >= 15 is 0 Å². The Morgan fingerprint density at radius 1 is 0.900 bits per heavy atom. The van der Waals surface area contributed by atoms with Crippen LogP contribution in [0.2, 0.25) is 0 Å². The third-order valence-corrected chi connectivity index (χ3v) is 5.68. The van der Waals surface area contributed by atoms with Crippen molar-refractivity contribution in [2.45, 2.75) is 57.5 Å². The highest BCUT2D eigenvalue weighted by atomic mass is 19.4. The van der Waals surface area contributed by atoms with Gasteiger partial charge in [-0.3, -0.25) is 0 Å². The van der Waals surface area contributed by atoms with Crippen molar-refractivity contribution >= 4 is 0 Å². The molecule has 1 fully saturated rings. The molecule has 0 heterocycles. The molecule has 30 heavy (non-hydrogen) atoms. The Labute approximate surface area is 172 Å². The molecule has 0 radical (unpaired) electrons. The number of hydrogen-bond donors (Lipinski definition) is 0. The molecule has 0 amide bonds. The van der Waals surface area contributed by atoms with Gasteiger partial charge in [0, 0.05) is 5.92 Å². The van der Waals surface area contributed by atoms with Crippen LogP contribution in [-0.2, 0) is 0 Å². The fourth-order valence-corrected chi connectivity index (χ4v) is 4.21. The van der Waals surface area contributed by atoms with Gasteiger partial charge in [-0.15, -0.1) is 0 Å². The minimum atomic E-state index is -4.76. The van der Waals surface area contributed by atoms with Gasteiger partial charge in [0.25, 0.3) is 0 Å². The molecule has 2 aromatic rings. The lowest BCUT2D eigenvalue weighted by molar-refractivity contribution is -0.0696. The molecule has 0 spiro atoms. The predicted octanol–water partition coefficient (Wildman–Crippen LogP) is 7.76. The average Bonchev–Trinajstić information content (AvgIpc) is 2.67. The van der Waals surface area contributed by atoms with Crippen molar-refractivity contribution in [3.63, 3.8) is 0 Å². The molecule has 0 aliphatic heterocycles. The molecule has 2 aromatic carbocycles. The topological polar surface area (TPSA) is 0 Å². The molecule has 1 saturated carbocycles. The normalized spacial score (nSPS) is 19.3. The Bertz CT molecular complexity index is 933. The predicted molar refractivity (Wildman–Crippen MR) is 104 cm³/mol. The summed E-state index contributed by atoms with van der Waals surface area (Å²) in [4.78, 5) is 0. The van der Waals surface area contributed by atoms with Crippen molar-refractivity contribution in [2.24, 2.45) is 5.92 Å². The number of rotatable bonds is 4. The first-order chi connectivity index (χ1) is 14.2. The first-order valence-electron chi connectivity index (χ1n) is 10.1. The van der Waals surface area contributed by atoms with E-state index in [2.05, 4.69) is 6.92 Å². The highest BCUT2D eigenvalue weighted by molar-refractivity contribution is 5.66. The van der Waals surface area contributed by atoms with Gasteiger partial charge in [-0.25, -0.2) is 13.2 Å². The first-order valence-corrected chi connectivity index (χ1v) is 10.1. The van der Waals surface area contributed by atoms with E-state index in [4.69, 9.17) is 0 Å². The summed E-state index contributed by atoms with van der Waals surface area (Å²) in [5.41, 5.74) is -0.375. The number of hydrogen-bond acceptors (Lipinski definition) is 0. The number of alkyl halides is 3.